The first-order valence-electron chi connectivity index (χ1n) is 7.22. The Labute approximate surface area is 113 Å². The molecule has 0 unspecified atom stereocenters. The number of carbonyl (C=O) groups is 1. The third-order valence-electron chi connectivity index (χ3n) is 4.46. The van der Waals surface area contributed by atoms with Crippen molar-refractivity contribution in [2.24, 2.45) is 11.8 Å². The van der Waals surface area contributed by atoms with Gasteiger partial charge in [-0.3, -0.25) is 9.89 Å². The zero-order valence-electron chi connectivity index (χ0n) is 11.5. The van der Waals surface area contributed by atoms with Crippen LogP contribution in [-0.4, -0.2) is 47.2 Å². The number of aryl methyl sites for hydroxylation is 1. The molecule has 0 aromatic carbocycles. The normalized spacial score (nSPS) is 27.1. The van der Waals surface area contributed by atoms with Crippen molar-refractivity contribution in [2.45, 2.75) is 26.2 Å². The van der Waals surface area contributed by atoms with Crippen molar-refractivity contribution < 1.29 is 4.79 Å². The summed E-state index contributed by atoms with van der Waals surface area (Å²) in [4.78, 5) is 14.3. The van der Waals surface area contributed by atoms with Crippen LogP contribution in [0.25, 0.3) is 0 Å². The molecule has 2 aliphatic heterocycles. The van der Waals surface area contributed by atoms with Gasteiger partial charge >= 0.3 is 0 Å². The molecule has 104 valence electrons. The first-order valence-corrected chi connectivity index (χ1v) is 7.22. The topological polar surface area (TPSA) is 61.0 Å². The first-order chi connectivity index (χ1) is 9.22. The molecular formula is C14H22N4O. The lowest BCUT2D eigenvalue weighted by Crippen LogP contribution is -2.34. The molecule has 3 rings (SSSR count). The van der Waals surface area contributed by atoms with E-state index in [2.05, 4.69) is 15.5 Å². The van der Waals surface area contributed by atoms with E-state index in [0.717, 1.165) is 62.2 Å². The van der Waals surface area contributed by atoms with Crippen LogP contribution in [0.4, 0.5) is 0 Å². The Hall–Kier alpha value is -1.36. The molecule has 19 heavy (non-hydrogen) atoms. The fourth-order valence-electron chi connectivity index (χ4n) is 3.30. The van der Waals surface area contributed by atoms with E-state index in [4.69, 9.17) is 0 Å². The van der Waals surface area contributed by atoms with E-state index in [9.17, 15) is 4.79 Å². The number of hydrogen-bond donors (Lipinski definition) is 2. The van der Waals surface area contributed by atoms with Crippen LogP contribution in [0.2, 0.25) is 0 Å². The average Bonchev–Trinajstić information content (AvgIpc) is 2.94. The summed E-state index contributed by atoms with van der Waals surface area (Å²) in [7, 11) is 0. The highest BCUT2D eigenvalue weighted by Crippen LogP contribution is 2.27. The summed E-state index contributed by atoms with van der Waals surface area (Å²) in [5.74, 6) is 1.76. The second-order valence-corrected chi connectivity index (χ2v) is 5.86. The van der Waals surface area contributed by atoms with Gasteiger partial charge in [0.2, 0.25) is 5.91 Å². The van der Waals surface area contributed by atoms with E-state index in [1.807, 2.05) is 17.9 Å². The summed E-state index contributed by atoms with van der Waals surface area (Å²) in [6.45, 7) is 6.04. The summed E-state index contributed by atoms with van der Waals surface area (Å²) in [5.41, 5.74) is 1.87. The molecule has 2 aliphatic rings. The van der Waals surface area contributed by atoms with E-state index in [0.29, 0.717) is 6.42 Å². The Bertz CT molecular complexity index is 442. The summed E-state index contributed by atoms with van der Waals surface area (Å²) in [6, 6.07) is 1.95. The van der Waals surface area contributed by atoms with E-state index in [1.165, 1.54) is 0 Å². The number of nitrogens with zero attached hydrogens (tertiary/aromatic N) is 2. The molecule has 2 N–H and O–H groups in total. The Morgan fingerprint density at radius 1 is 1.37 bits per heavy atom. The quantitative estimate of drug-likeness (QED) is 0.825. The molecule has 2 saturated heterocycles. The number of amides is 1. The van der Waals surface area contributed by atoms with Gasteiger partial charge in [-0.2, -0.15) is 5.10 Å². The van der Waals surface area contributed by atoms with Crippen molar-refractivity contribution in [3.63, 3.8) is 0 Å². The fourth-order valence-corrected chi connectivity index (χ4v) is 3.30. The number of H-pyrrole nitrogens is 1. The maximum absolute atomic E-state index is 12.3. The SMILES string of the molecule is Cc1cc(CC(=O)N2CC[C@@H]3CNC[C@@H]3CC2)n[nH]1. The molecule has 1 aromatic rings. The van der Waals surface area contributed by atoms with E-state index in [1.54, 1.807) is 0 Å². The molecule has 0 bridgehead atoms. The fraction of sp³-hybridized carbons (Fsp3) is 0.714. The zero-order valence-corrected chi connectivity index (χ0v) is 11.5. The third-order valence-corrected chi connectivity index (χ3v) is 4.46. The number of aromatic nitrogens is 2. The number of carbonyl (C=O) groups excluding carboxylic acids is 1. The van der Waals surface area contributed by atoms with Gasteiger partial charge in [0, 0.05) is 18.8 Å². The minimum Gasteiger partial charge on any atom is -0.342 e. The highest BCUT2D eigenvalue weighted by molar-refractivity contribution is 5.78. The molecule has 0 spiro atoms. The maximum Gasteiger partial charge on any atom is 0.228 e. The minimum absolute atomic E-state index is 0.222. The predicted octanol–water partition coefficient (Wildman–Crippen LogP) is 0.719. The largest absolute Gasteiger partial charge is 0.342 e. The van der Waals surface area contributed by atoms with Crippen molar-refractivity contribution >= 4 is 5.91 Å². The Morgan fingerprint density at radius 2 is 2.05 bits per heavy atom. The summed E-state index contributed by atoms with van der Waals surface area (Å²) >= 11 is 0. The average molecular weight is 262 g/mol. The van der Waals surface area contributed by atoms with E-state index in [-0.39, 0.29) is 5.91 Å². The lowest BCUT2D eigenvalue weighted by Gasteiger charge is -2.20. The van der Waals surface area contributed by atoms with Crippen molar-refractivity contribution in [3.05, 3.63) is 17.5 Å². The van der Waals surface area contributed by atoms with Crippen LogP contribution in [0.5, 0.6) is 0 Å². The molecule has 5 nitrogen and oxygen atoms in total. The lowest BCUT2D eigenvalue weighted by atomic mass is 9.92. The minimum atomic E-state index is 0.222. The van der Waals surface area contributed by atoms with Gasteiger partial charge in [0.25, 0.3) is 0 Å². The van der Waals surface area contributed by atoms with Gasteiger partial charge in [-0.05, 0) is 50.8 Å². The highest BCUT2D eigenvalue weighted by Gasteiger charge is 2.31. The summed E-state index contributed by atoms with van der Waals surface area (Å²) in [5, 5.41) is 10.5. The Balaban J connectivity index is 1.58. The molecule has 0 aliphatic carbocycles. The highest BCUT2D eigenvalue weighted by atomic mass is 16.2. The summed E-state index contributed by atoms with van der Waals surface area (Å²) < 4.78 is 0. The second-order valence-electron chi connectivity index (χ2n) is 5.86. The zero-order chi connectivity index (χ0) is 13.2. The molecule has 3 heterocycles. The third kappa shape index (κ3) is 2.81. The Kier molecular flexibility index (Phi) is 3.55. The van der Waals surface area contributed by atoms with Crippen molar-refractivity contribution in [2.75, 3.05) is 26.2 Å². The standard InChI is InChI=1S/C14H22N4O/c1-10-6-13(17-16-10)7-14(19)18-4-2-11-8-15-9-12(11)3-5-18/h6,11-12,15H,2-5,7-9H2,1H3,(H,16,17)/t11-,12+. The number of likely N-dealkylation sites (tertiary alicyclic amines) is 1. The molecule has 1 amide bonds. The van der Waals surface area contributed by atoms with Crippen LogP contribution in [-0.2, 0) is 11.2 Å². The van der Waals surface area contributed by atoms with Gasteiger partial charge in [0.15, 0.2) is 0 Å². The van der Waals surface area contributed by atoms with Gasteiger partial charge in [0.1, 0.15) is 0 Å². The maximum atomic E-state index is 12.3. The van der Waals surface area contributed by atoms with Gasteiger partial charge in [-0.25, -0.2) is 0 Å². The van der Waals surface area contributed by atoms with Gasteiger partial charge in [-0.15, -0.1) is 0 Å². The summed E-state index contributed by atoms with van der Waals surface area (Å²) in [6.07, 6.45) is 2.71. The lowest BCUT2D eigenvalue weighted by molar-refractivity contribution is -0.130. The molecule has 1 aromatic heterocycles. The van der Waals surface area contributed by atoms with Gasteiger partial charge < -0.3 is 10.2 Å². The van der Waals surface area contributed by atoms with Gasteiger partial charge in [-0.1, -0.05) is 0 Å². The molecule has 0 radical (unpaired) electrons. The smallest absolute Gasteiger partial charge is 0.228 e. The number of nitrogens with one attached hydrogen (secondary N) is 2. The van der Waals surface area contributed by atoms with Crippen LogP contribution < -0.4 is 5.32 Å². The Morgan fingerprint density at radius 3 is 2.63 bits per heavy atom. The predicted molar refractivity (Wildman–Crippen MR) is 72.7 cm³/mol. The molecule has 5 heteroatoms. The van der Waals surface area contributed by atoms with Crippen molar-refractivity contribution in [3.8, 4) is 0 Å². The second kappa shape index (κ2) is 5.33. The van der Waals surface area contributed by atoms with Crippen molar-refractivity contribution in [1.29, 1.82) is 0 Å². The molecule has 2 fully saturated rings. The van der Waals surface area contributed by atoms with Crippen molar-refractivity contribution in [1.82, 2.24) is 20.4 Å². The number of aromatic amines is 1. The number of rotatable bonds is 2. The van der Waals surface area contributed by atoms with Crippen LogP contribution in [0, 0.1) is 18.8 Å². The number of fused-ring (bicyclic) bond motifs is 1. The molecular weight excluding hydrogens is 240 g/mol. The van der Waals surface area contributed by atoms with Crippen LogP contribution in [0.3, 0.4) is 0 Å². The molecule has 0 saturated carbocycles. The van der Waals surface area contributed by atoms with E-state index < -0.39 is 0 Å². The van der Waals surface area contributed by atoms with E-state index >= 15 is 0 Å². The first kappa shape index (κ1) is 12.7. The monoisotopic (exact) mass is 262 g/mol. The van der Waals surface area contributed by atoms with Crippen LogP contribution in [0.15, 0.2) is 6.07 Å². The van der Waals surface area contributed by atoms with Gasteiger partial charge in [0.05, 0.1) is 12.1 Å². The number of hydrogen-bond acceptors (Lipinski definition) is 3. The van der Waals surface area contributed by atoms with Crippen LogP contribution >= 0.6 is 0 Å². The molecule has 2 atom stereocenters. The van der Waals surface area contributed by atoms with Crippen LogP contribution in [0.1, 0.15) is 24.2 Å².